The van der Waals surface area contributed by atoms with Crippen molar-refractivity contribution in [2.24, 2.45) is 5.73 Å². The number of hydrogen-bond acceptors (Lipinski definition) is 4. The van der Waals surface area contributed by atoms with Gasteiger partial charge in [-0.2, -0.15) is 0 Å². The van der Waals surface area contributed by atoms with Crippen LogP contribution in [0.1, 0.15) is 6.42 Å². The van der Waals surface area contributed by atoms with Crippen LogP contribution in [0.5, 0.6) is 0 Å². The fourth-order valence-corrected chi connectivity index (χ4v) is 0.522. The highest BCUT2D eigenvalue weighted by Gasteiger charge is 1.95. The molecule has 0 heterocycles. The summed E-state index contributed by atoms with van der Waals surface area (Å²) in [6.07, 6.45) is 0.667. The molecule has 4 nitrogen and oxygen atoms in total. The van der Waals surface area contributed by atoms with Gasteiger partial charge in [-0.15, -0.1) is 0 Å². The van der Waals surface area contributed by atoms with E-state index in [0.717, 1.165) is 0 Å². The summed E-state index contributed by atoms with van der Waals surface area (Å²) >= 11 is 0. The maximum absolute atomic E-state index is 8.14. The van der Waals surface area contributed by atoms with Gasteiger partial charge in [0, 0.05) is 0 Å². The molecule has 0 rings (SSSR count). The lowest BCUT2D eigenvalue weighted by molar-refractivity contribution is 0.253. The smallest absolute Gasteiger partial charge is 0.327 e. The van der Waals surface area contributed by atoms with Crippen molar-refractivity contribution in [3.05, 3.63) is 0 Å². The molecule has 0 aromatic carbocycles. The molecule has 0 aromatic heterocycles. The van der Waals surface area contributed by atoms with E-state index in [1.807, 2.05) is 0 Å². The van der Waals surface area contributed by atoms with Crippen LogP contribution in [0.15, 0.2) is 0 Å². The zero-order valence-corrected chi connectivity index (χ0v) is 5.34. The van der Waals surface area contributed by atoms with Crippen molar-refractivity contribution in [2.75, 3.05) is 13.2 Å². The Morgan fingerprint density at radius 3 is 2.50 bits per heavy atom. The Morgan fingerprint density at radius 2 is 2.12 bits per heavy atom. The van der Waals surface area contributed by atoms with E-state index in [9.17, 15) is 0 Å². The van der Waals surface area contributed by atoms with Gasteiger partial charge in [-0.3, -0.25) is 0 Å². The minimum absolute atomic E-state index is 0.329. The summed E-state index contributed by atoms with van der Waals surface area (Å²) in [4.78, 5) is 16.3. The Balaban J connectivity index is 2.72. The first-order valence-electron chi connectivity index (χ1n) is 2.28. The van der Waals surface area contributed by atoms with Crippen LogP contribution in [0.2, 0.25) is 0 Å². The number of hydrogen-bond donors (Lipinski definition) is 3. The van der Waals surface area contributed by atoms with Gasteiger partial charge in [-0.25, -0.2) is 0 Å². The van der Waals surface area contributed by atoms with Gasteiger partial charge >= 0.3 is 8.60 Å². The molecule has 5 heteroatoms. The summed E-state index contributed by atoms with van der Waals surface area (Å²) in [5.74, 6) is 0. The zero-order valence-electron chi connectivity index (χ0n) is 4.45. The minimum atomic E-state index is -2.17. The van der Waals surface area contributed by atoms with E-state index in [4.69, 9.17) is 15.5 Å². The van der Waals surface area contributed by atoms with Gasteiger partial charge in [-0.05, 0) is 13.0 Å². The van der Waals surface area contributed by atoms with Crippen molar-refractivity contribution in [3.8, 4) is 0 Å². The monoisotopic (exact) mass is 139 g/mol. The molecule has 0 unspecified atom stereocenters. The van der Waals surface area contributed by atoms with Crippen LogP contribution in [-0.2, 0) is 4.52 Å². The molecular formula is C3H10NO3P. The van der Waals surface area contributed by atoms with Crippen LogP contribution in [0.25, 0.3) is 0 Å². The fourth-order valence-electron chi connectivity index (χ4n) is 0.230. The maximum atomic E-state index is 8.14. The summed E-state index contributed by atoms with van der Waals surface area (Å²) < 4.78 is 4.38. The summed E-state index contributed by atoms with van der Waals surface area (Å²) in [7, 11) is -2.17. The molecule has 0 spiro atoms. The molecule has 0 radical (unpaired) electrons. The van der Waals surface area contributed by atoms with Gasteiger partial charge in [0.2, 0.25) is 0 Å². The molecule has 0 saturated heterocycles. The van der Waals surface area contributed by atoms with Crippen LogP contribution >= 0.6 is 8.60 Å². The fraction of sp³-hybridized carbons (Fsp3) is 1.00. The van der Waals surface area contributed by atoms with Crippen LogP contribution in [0.3, 0.4) is 0 Å². The average Bonchev–Trinajstić information content (AvgIpc) is 1.66. The highest BCUT2D eigenvalue weighted by atomic mass is 31.2. The summed E-state index contributed by atoms with van der Waals surface area (Å²) in [5, 5.41) is 0. The van der Waals surface area contributed by atoms with Gasteiger partial charge in [0.15, 0.2) is 0 Å². The van der Waals surface area contributed by atoms with E-state index in [0.29, 0.717) is 19.6 Å². The number of nitrogens with two attached hydrogens (primary N) is 1. The van der Waals surface area contributed by atoms with Crippen molar-refractivity contribution < 1.29 is 14.3 Å². The molecule has 4 N–H and O–H groups in total. The molecule has 0 saturated carbocycles. The quantitative estimate of drug-likeness (QED) is 0.364. The van der Waals surface area contributed by atoms with E-state index in [1.165, 1.54) is 0 Å². The van der Waals surface area contributed by atoms with Gasteiger partial charge < -0.3 is 20.0 Å². The molecule has 0 aliphatic carbocycles. The molecule has 8 heavy (non-hydrogen) atoms. The van der Waals surface area contributed by atoms with Gasteiger partial charge in [0.05, 0.1) is 6.61 Å². The molecule has 0 atom stereocenters. The second-order valence-electron chi connectivity index (χ2n) is 1.23. The third kappa shape index (κ3) is 6.27. The highest BCUT2D eigenvalue weighted by Crippen LogP contribution is 2.23. The van der Waals surface area contributed by atoms with E-state index in [2.05, 4.69) is 4.52 Å². The minimum Gasteiger partial charge on any atom is -0.330 e. The average molecular weight is 139 g/mol. The first-order chi connectivity index (χ1) is 3.77. The molecule has 0 fully saturated rings. The Labute approximate surface area is 49.3 Å². The van der Waals surface area contributed by atoms with Gasteiger partial charge in [-0.1, -0.05) is 0 Å². The van der Waals surface area contributed by atoms with Crippen LogP contribution in [0, 0.1) is 0 Å². The molecule has 0 amide bonds. The molecule has 0 aromatic rings. The Bertz CT molecular complexity index is 51.8. The first kappa shape index (κ1) is 8.27. The van der Waals surface area contributed by atoms with Crippen molar-refractivity contribution >= 4 is 8.60 Å². The van der Waals surface area contributed by atoms with Crippen molar-refractivity contribution in [1.29, 1.82) is 0 Å². The molecular weight excluding hydrogens is 129 g/mol. The highest BCUT2D eigenvalue weighted by molar-refractivity contribution is 7.39. The summed E-state index contributed by atoms with van der Waals surface area (Å²) in [6.45, 7) is 0.846. The summed E-state index contributed by atoms with van der Waals surface area (Å²) in [5.41, 5.74) is 5.08. The predicted molar refractivity (Wildman–Crippen MR) is 31.0 cm³/mol. The molecule has 0 aliphatic heterocycles. The normalized spacial score (nSPS) is 10.5. The van der Waals surface area contributed by atoms with E-state index in [1.54, 1.807) is 0 Å². The lowest BCUT2D eigenvalue weighted by Crippen LogP contribution is -2.02. The Hall–Kier alpha value is 0.270. The number of rotatable bonds is 4. The Kier molecular flexibility index (Phi) is 5.59. The molecule has 0 bridgehead atoms. The predicted octanol–water partition coefficient (Wildman–Crippen LogP) is -0.437. The topological polar surface area (TPSA) is 75.7 Å². The van der Waals surface area contributed by atoms with Crippen LogP contribution < -0.4 is 5.73 Å². The third-order valence-corrected chi connectivity index (χ3v) is 0.969. The molecule has 0 aliphatic rings. The summed E-state index contributed by atoms with van der Waals surface area (Å²) in [6, 6.07) is 0. The lowest BCUT2D eigenvalue weighted by Gasteiger charge is -2.00. The van der Waals surface area contributed by atoms with Crippen molar-refractivity contribution in [3.63, 3.8) is 0 Å². The largest absolute Gasteiger partial charge is 0.330 e. The maximum Gasteiger partial charge on any atom is 0.327 e. The van der Waals surface area contributed by atoms with Gasteiger partial charge in [0.25, 0.3) is 0 Å². The van der Waals surface area contributed by atoms with E-state index in [-0.39, 0.29) is 0 Å². The van der Waals surface area contributed by atoms with Crippen molar-refractivity contribution in [2.45, 2.75) is 6.42 Å². The van der Waals surface area contributed by atoms with E-state index < -0.39 is 8.60 Å². The standard InChI is InChI=1S/C3H10NO3P/c4-2-1-3-7-8(5)6/h5-6H,1-4H2. The first-order valence-corrected chi connectivity index (χ1v) is 3.44. The SMILES string of the molecule is NCCCOP(O)O. The Morgan fingerprint density at radius 1 is 1.50 bits per heavy atom. The van der Waals surface area contributed by atoms with E-state index >= 15 is 0 Å². The zero-order chi connectivity index (χ0) is 6.41. The van der Waals surface area contributed by atoms with Crippen LogP contribution in [0.4, 0.5) is 0 Å². The second kappa shape index (κ2) is 5.41. The van der Waals surface area contributed by atoms with Crippen molar-refractivity contribution in [1.82, 2.24) is 0 Å². The lowest BCUT2D eigenvalue weighted by atomic mass is 10.5. The van der Waals surface area contributed by atoms with Crippen LogP contribution in [-0.4, -0.2) is 22.9 Å². The second-order valence-corrected chi connectivity index (χ2v) is 1.99. The molecule has 50 valence electrons. The third-order valence-electron chi connectivity index (χ3n) is 0.555. The van der Waals surface area contributed by atoms with Gasteiger partial charge in [0.1, 0.15) is 0 Å².